The average Bonchev–Trinajstić information content (AvgIpc) is 2.01. The summed E-state index contributed by atoms with van der Waals surface area (Å²) < 4.78 is 0. The maximum Gasteiger partial charge on any atom is 0.155 e. The molecule has 0 aromatic heterocycles. The van der Waals surface area contributed by atoms with Crippen molar-refractivity contribution < 1.29 is 4.79 Å². The first kappa shape index (κ1) is 10.4. The van der Waals surface area contributed by atoms with Crippen molar-refractivity contribution in [2.45, 2.75) is 46.0 Å². The first-order valence-corrected chi connectivity index (χ1v) is 4.50. The zero-order valence-electron chi connectivity index (χ0n) is 7.60. The van der Waals surface area contributed by atoms with Crippen molar-refractivity contribution >= 4 is 5.78 Å². The normalized spacial score (nSPS) is 10.7. The van der Waals surface area contributed by atoms with Gasteiger partial charge in [-0.2, -0.15) is 0 Å². The molecule has 0 radical (unpaired) electrons. The molecule has 0 aliphatic heterocycles. The van der Waals surface area contributed by atoms with Crippen LogP contribution >= 0.6 is 0 Å². The fraction of sp³-hybridized carbons (Fsp3) is 0.700. The molecule has 0 bridgehead atoms. The molecule has 0 aliphatic rings. The van der Waals surface area contributed by atoms with Crippen LogP contribution in [0.25, 0.3) is 0 Å². The molecule has 0 aromatic rings. The van der Waals surface area contributed by atoms with Crippen LogP contribution in [-0.2, 0) is 4.79 Å². The summed E-state index contributed by atoms with van der Waals surface area (Å²) in [5, 5.41) is 0. The molecule has 0 N–H and O–H groups in total. The lowest BCUT2D eigenvalue weighted by atomic mass is 10.1. The van der Waals surface area contributed by atoms with Crippen LogP contribution in [0.2, 0.25) is 0 Å². The molecule has 0 saturated heterocycles. The first-order chi connectivity index (χ1) is 5.31. The monoisotopic (exact) mass is 154 g/mol. The summed E-state index contributed by atoms with van der Waals surface area (Å²) in [6.07, 6.45) is 8.69. The quantitative estimate of drug-likeness (QED) is 0.537. The molecule has 0 spiro atoms. The van der Waals surface area contributed by atoms with Crippen molar-refractivity contribution in [1.29, 1.82) is 0 Å². The van der Waals surface area contributed by atoms with Crippen LogP contribution in [0, 0.1) is 0 Å². The smallest absolute Gasteiger partial charge is 0.155 e. The van der Waals surface area contributed by atoms with Crippen LogP contribution in [0.3, 0.4) is 0 Å². The standard InChI is InChI=1S/C10H18O/c1-3-5-7-9-10(11)8-6-4-2/h7,9H,3-6,8H2,1-2H3/b9-7+. The Hall–Kier alpha value is -0.590. The summed E-state index contributed by atoms with van der Waals surface area (Å²) in [4.78, 5) is 11.0. The number of ketones is 1. The van der Waals surface area contributed by atoms with Crippen molar-refractivity contribution in [3.05, 3.63) is 12.2 Å². The highest BCUT2D eigenvalue weighted by molar-refractivity contribution is 5.89. The van der Waals surface area contributed by atoms with E-state index < -0.39 is 0 Å². The predicted molar refractivity (Wildman–Crippen MR) is 48.6 cm³/mol. The molecule has 0 atom stereocenters. The SMILES string of the molecule is CCC/C=C/C(=O)CCCC. The number of allylic oxidation sites excluding steroid dienone is 2. The Kier molecular flexibility index (Phi) is 7.11. The van der Waals surface area contributed by atoms with E-state index in [1.807, 2.05) is 6.08 Å². The van der Waals surface area contributed by atoms with E-state index in [2.05, 4.69) is 13.8 Å². The second-order valence-corrected chi connectivity index (χ2v) is 2.76. The van der Waals surface area contributed by atoms with E-state index in [1.165, 1.54) is 0 Å². The Labute approximate surface area is 69.5 Å². The molecule has 0 saturated carbocycles. The van der Waals surface area contributed by atoms with E-state index in [9.17, 15) is 4.79 Å². The Morgan fingerprint density at radius 1 is 1.27 bits per heavy atom. The van der Waals surface area contributed by atoms with Gasteiger partial charge >= 0.3 is 0 Å². The second kappa shape index (κ2) is 7.52. The molecule has 64 valence electrons. The fourth-order valence-corrected chi connectivity index (χ4v) is 0.816. The number of unbranched alkanes of at least 4 members (excludes halogenated alkanes) is 2. The van der Waals surface area contributed by atoms with Gasteiger partial charge in [0.15, 0.2) is 5.78 Å². The topological polar surface area (TPSA) is 17.1 Å². The lowest BCUT2D eigenvalue weighted by Crippen LogP contribution is -1.90. The predicted octanol–water partition coefficient (Wildman–Crippen LogP) is 3.10. The van der Waals surface area contributed by atoms with Crippen LogP contribution in [0.5, 0.6) is 0 Å². The van der Waals surface area contributed by atoms with E-state index in [0.29, 0.717) is 0 Å². The molecule has 0 amide bonds. The maximum absolute atomic E-state index is 11.0. The molecular formula is C10H18O. The summed E-state index contributed by atoms with van der Waals surface area (Å²) in [6, 6.07) is 0. The summed E-state index contributed by atoms with van der Waals surface area (Å²) in [7, 11) is 0. The van der Waals surface area contributed by atoms with Gasteiger partial charge in [0, 0.05) is 6.42 Å². The van der Waals surface area contributed by atoms with Gasteiger partial charge in [0.1, 0.15) is 0 Å². The minimum absolute atomic E-state index is 0.278. The van der Waals surface area contributed by atoms with Gasteiger partial charge in [-0.15, -0.1) is 0 Å². The van der Waals surface area contributed by atoms with E-state index >= 15 is 0 Å². The van der Waals surface area contributed by atoms with Gasteiger partial charge in [0.05, 0.1) is 0 Å². The first-order valence-electron chi connectivity index (χ1n) is 4.50. The van der Waals surface area contributed by atoms with Crippen LogP contribution in [-0.4, -0.2) is 5.78 Å². The highest BCUT2D eigenvalue weighted by Gasteiger charge is 1.92. The molecule has 11 heavy (non-hydrogen) atoms. The molecule has 0 rings (SSSR count). The summed E-state index contributed by atoms with van der Waals surface area (Å²) in [5.74, 6) is 0.278. The molecule has 1 heteroatoms. The van der Waals surface area contributed by atoms with E-state index in [1.54, 1.807) is 6.08 Å². The van der Waals surface area contributed by atoms with Gasteiger partial charge in [-0.25, -0.2) is 0 Å². The highest BCUT2D eigenvalue weighted by atomic mass is 16.1. The Bertz CT molecular complexity index is 125. The summed E-state index contributed by atoms with van der Waals surface area (Å²) in [6.45, 7) is 4.21. The number of carbonyl (C=O) groups is 1. The van der Waals surface area contributed by atoms with Crippen LogP contribution in [0.1, 0.15) is 46.0 Å². The third-order valence-corrected chi connectivity index (χ3v) is 1.54. The second-order valence-electron chi connectivity index (χ2n) is 2.76. The number of rotatable bonds is 6. The van der Waals surface area contributed by atoms with Crippen molar-refractivity contribution in [3.8, 4) is 0 Å². The lowest BCUT2D eigenvalue weighted by molar-refractivity contribution is -0.114. The molecular weight excluding hydrogens is 136 g/mol. The Morgan fingerprint density at radius 2 is 2.00 bits per heavy atom. The van der Waals surface area contributed by atoms with Gasteiger partial charge < -0.3 is 0 Å². The van der Waals surface area contributed by atoms with Gasteiger partial charge in [0.2, 0.25) is 0 Å². The van der Waals surface area contributed by atoms with Crippen LogP contribution in [0.15, 0.2) is 12.2 Å². The summed E-state index contributed by atoms with van der Waals surface area (Å²) >= 11 is 0. The minimum atomic E-state index is 0.278. The van der Waals surface area contributed by atoms with E-state index in [-0.39, 0.29) is 5.78 Å². The minimum Gasteiger partial charge on any atom is -0.295 e. The van der Waals surface area contributed by atoms with Crippen molar-refractivity contribution in [3.63, 3.8) is 0 Å². The van der Waals surface area contributed by atoms with Gasteiger partial charge in [-0.1, -0.05) is 32.8 Å². The zero-order valence-corrected chi connectivity index (χ0v) is 7.60. The molecule has 1 nitrogen and oxygen atoms in total. The average molecular weight is 154 g/mol. The van der Waals surface area contributed by atoms with E-state index in [0.717, 1.165) is 32.1 Å². The Morgan fingerprint density at radius 3 is 2.55 bits per heavy atom. The van der Waals surface area contributed by atoms with Gasteiger partial charge in [-0.3, -0.25) is 4.79 Å². The van der Waals surface area contributed by atoms with Crippen LogP contribution in [0.4, 0.5) is 0 Å². The molecule has 0 fully saturated rings. The van der Waals surface area contributed by atoms with Gasteiger partial charge in [-0.05, 0) is 18.9 Å². The third kappa shape index (κ3) is 7.31. The number of hydrogen-bond donors (Lipinski definition) is 0. The summed E-state index contributed by atoms with van der Waals surface area (Å²) in [5.41, 5.74) is 0. The zero-order chi connectivity index (χ0) is 8.53. The maximum atomic E-state index is 11.0. The largest absolute Gasteiger partial charge is 0.295 e. The number of hydrogen-bond acceptors (Lipinski definition) is 1. The number of carbonyl (C=O) groups excluding carboxylic acids is 1. The van der Waals surface area contributed by atoms with Gasteiger partial charge in [0.25, 0.3) is 0 Å². The third-order valence-electron chi connectivity index (χ3n) is 1.54. The highest BCUT2D eigenvalue weighted by Crippen LogP contribution is 1.97. The fourth-order valence-electron chi connectivity index (χ4n) is 0.816. The molecule has 0 heterocycles. The van der Waals surface area contributed by atoms with Crippen molar-refractivity contribution in [1.82, 2.24) is 0 Å². The van der Waals surface area contributed by atoms with Crippen LogP contribution < -0.4 is 0 Å². The molecule has 0 aliphatic carbocycles. The van der Waals surface area contributed by atoms with Crippen molar-refractivity contribution in [2.75, 3.05) is 0 Å². The molecule has 0 unspecified atom stereocenters. The molecule has 0 aromatic carbocycles. The Balaban J connectivity index is 3.35. The van der Waals surface area contributed by atoms with Crippen molar-refractivity contribution in [2.24, 2.45) is 0 Å². The van der Waals surface area contributed by atoms with E-state index in [4.69, 9.17) is 0 Å². The lowest BCUT2D eigenvalue weighted by Gasteiger charge is -1.90.